The molecule has 0 aliphatic rings. The number of hydrogen-bond acceptors (Lipinski definition) is 5. The van der Waals surface area contributed by atoms with Gasteiger partial charge in [0.25, 0.3) is 6.43 Å². The molecule has 0 unspecified atom stereocenters. The Morgan fingerprint density at radius 1 is 1.42 bits per heavy atom. The Bertz CT molecular complexity index is 517. The number of carbonyl (C=O) groups excluding carboxylic acids is 1. The van der Waals surface area contributed by atoms with Gasteiger partial charge in [-0.3, -0.25) is 14.9 Å². The fourth-order valence-electron chi connectivity index (χ4n) is 1.10. The lowest BCUT2D eigenvalue weighted by Crippen LogP contribution is -2.19. The Kier molecular flexibility index (Phi) is 3.97. The second-order valence-electron chi connectivity index (χ2n) is 3.01. The van der Waals surface area contributed by atoms with Gasteiger partial charge in [0.15, 0.2) is 6.29 Å². The average molecular weight is 286 g/mol. The molecule has 0 aliphatic heterocycles. The van der Waals surface area contributed by atoms with Crippen LogP contribution in [0, 0.1) is 10.1 Å². The van der Waals surface area contributed by atoms with Gasteiger partial charge in [-0.2, -0.15) is 0 Å². The van der Waals surface area contributed by atoms with E-state index in [-0.39, 0.29) is 12.4 Å². The van der Waals surface area contributed by atoms with E-state index in [2.05, 4.69) is 9.72 Å². The molecule has 0 fully saturated rings. The molecule has 19 heavy (non-hydrogen) atoms. The number of hydrogen-bond donors (Lipinski definition) is 0. The molecule has 1 aromatic rings. The molecule has 11 heteroatoms. The van der Waals surface area contributed by atoms with Crippen LogP contribution in [0.2, 0.25) is 0 Å². The number of pyridine rings is 1. The summed E-state index contributed by atoms with van der Waals surface area (Å²) in [5.74, 6) is -1.58. The molecule has 0 saturated carbocycles. The second-order valence-corrected chi connectivity index (χ2v) is 3.01. The quantitative estimate of drug-likeness (QED) is 0.368. The highest BCUT2D eigenvalue weighted by Gasteiger charge is 2.36. The molecule has 0 amide bonds. The van der Waals surface area contributed by atoms with Gasteiger partial charge in [0.05, 0.1) is 10.5 Å². The van der Waals surface area contributed by atoms with Gasteiger partial charge < -0.3 is 4.74 Å². The van der Waals surface area contributed by atoms with E-state index in [0.29, 0.717) is 0 Å². The minimum absolute atomic E-state index is 0.114. The predicted octanol–water partition coefficient (Wildman–Crippen LogP) is 2.64. The van der Waals surface area contributed by atoms with Crippen LogP contribution < -0.4 is 4.74 Å². The van der Waals surface area contributed by atoms with E-state index in [0.717, 1.165) is 0 Å². The number of alkyl halides is 5. The molecule has 104 valence electrons. The zero-order chi connectivity index (χ0) is 14.8. The average Bonchev–Trinajstić information content (AvgIpc) is 2.25. The van der Waals surface area contributed by atoms with E-state index in [1.165, 1.54) is 0 Å². The third-order valence-corrected chi connectivity index (χ3v) is 1.78. The first-order valence-electron chi connectivity index (χ1n) is 4.34. The standard InChI is InChI=1S/C8H3F5N2O4/c9-6(10)3-1-5(15(17)18)7(14-4(3)2-16)19-8(11,12)13/h1-2,6H. The van der Waals surface area contributed by atoms with Crippen LogP contribution in [0.25, 0.3) is 0 Å². The smallest absolute Gasteiger partial charge is 0.381 e. The lowest BCUT2D eigenvalue weighted by atomic mass is 10.2. The summed E-state index contributed by atoms with van der Waals surface area (Å²) in [5.41, 5.74) is -3.64. The number of carbonyl (C=O) groups is 1. The number of aldehydes is 1. The number of rotatable bonds is 4. The van der Waals surface area contributed by atoms with Crippen LogP contribution in [0.3, 0.4) is 0 Å². The van der Waals surface area contributed by atoms with E-state index < -0.39 is 40.5 Å². The topological polar surface area (TPSA) is 82.3 Å². The van der Waals surface area contributed by atoms with Gasteiger partial charge in [-0.05, 0) is 0 Å². The maximum atomic E-state index is 12.4. The first kappa shape index (κ1) is 14.7. The van der Waals surface area contributed by atoms with E-state index in [1.54, 1.807) is 0 Å². The van der Waals surface area contributed by atoms with Gasteiger partial charge in [0.1, 0.15) is 5.69 Å². The predicted molar refractivity (Wildman–Crippen MR) is 47.9 cm³/mol. The maximum Gasteiger partial charge on any atom is 0.574 e. The van der Waals surface area contributed by atoms with Crippen molar-refractivity contribution >= 4 is 12.0 Å². The van der Waals surface area contributed by atoms with E-state index in [1.807, 2.05) is 0 Å². The monoisotopic (exact) mass is 286 g/mol. The Morgan fingerprint density at radius 3 is 2.37 bits per heavy atom. The molecular formula is C8H3F5N2O4. The van der Waals surface area contributed by atoms with Gasteiger partial charge in [0, 0.05) is 6.07 Å². The first-order valence-corrected chi connectivity index (χ1v) is 4.34. The number of nitrogens with zero attached hydrogens (tertiary/aromatic N) is 2. The summed E-state index contributed by atoms with van der Waals surface area (Å²) in [6, 6.07) is 0.114. The van der Waals surface area contributed by atoms with Crippen molar-refractivity contribution in [3.05, 3.63) is 27.4 Å². The maximum absolute atomic E-state index is 12.4. The summed E-state index contributed by atoms with van der Waals surface area (Å²) < 4.78 is 64.0. The van der Waals surface area contributed by atoms with Gasteiger partial charge in [-0.1, -0.05) is 0 Å². The minimum Gasteiger partial charge on any atom is -0.381 e. The molecule has 0 bridgehead atoms. The Balaban J connectivity index is 3.45. The Labute approximate surface area is 101 Å². The van der Waals surface area contributed by atoms with Crippen molar-refractivity contribution < 1.29 is 36.4 Å². The molecule has 0 spiro atoms. The van der Waals surface area contributed by atoms with Crippen LogP contribution in [-0.2, 0) is 0 Å². The zero-order valence-corrected chi connectivity index (χ0v) is 8.65. The normalized spacial score (nSPS) is 11.5. The molecular weight excluding hydrogens is 283 g/mol. The van der Waals surface area contributed by atoms with Crippen LogP contribution in [0.4, 0.5) is 27.6 Å². The first-order chi connectivity index (χ1) is 8.65. The highest BCUT2D eigenvalue weighted by molar-refractivity contribution is 5.76. The fraction of sp³-hybridized carbons (Fsp3) is 0.250. The molecule has 1 heterocycles. The third kappa shape index (κ3) is 3.56. The van der Waals surface area contributed by atoms with Crippen molar-refractivity contribution in [2.24, 2.45) is 0 Å². The highest BCUT2D eigenvalue weighted by Crippen LogP contribution is 2.34. The number of ether oxygens (including phenoxy) is 1. The van der Waals surface area contributed by atoms with Crippen LogP contribution in [0.5, 0.6) is 5.88 Å². The second kappa shape index (κ2) is 5.12. The SMILES string of the molecule is O=Cc1nc(OC(F)(F)F)c([N+](=O)[O-])cc1C(F)F. The minimum atomic E-state index is -5.32. The number of halogens is 5. The molecule has 0 N–H and O–H groups in total. The largest absolute Gasteiger partial charge is 0.574 e. The van der Waals surface area contributed by atoms with Crippen LogP contribution in [0.1, 0.15) is 22.5 Å². The third-order valence-electron chi connectivity index (χ3n) is 1.78. The molecule has 0 aromatic carbocycles. The summed E-state index contributed by atoms with van der Waals surface area (Å²) >= 11 is 0. The molecule has 0 radical (unpaired) electrons. The molecule has 6 nitrogen and oxygen atoms in total. The van der Waals surface area contributed by atoms with Crippen molar-refractivity contribution in [1.29, 1.82) is 0 Å². The Hall–Kier alpha value is -2.33. The molecule has 1 rings (SSSR count). The summed E-state index contributed by atoms with van der Waals surface area (Å²) in [5, 5.41) is 10.5. The van der Waals surface area contributed by atoms with Crippen molar-refractivity contribution in [2.45, 2.75) is 12.8 Å². The summed E-state index contributed by atoms with van der Waals surface area (Å²) in [4.78, 5) is 22.3. The van der Waals surface area contributed by atoms with Crippen molar-refractivity contribution in [1.82, 2.24) is 4.98 Å². The van der Waals surface area contributed by atoms with Crippen molar-refractivity contribution in [2.75, 3.05) is 0 Å². The Morgan fingerprint density at radius 2 is 2.00 bits per heavy atom. The molecule has 0 atom stereocenters. The van der Waals surface area contributed by atoms with Gasteiger partial charge in [0.2, 0.25) is 0 Å². The van der Waals surface area contributed by atoms with E-state index in [9.17, 15) is 36.9 Å². The van der Waals surface area contributed by atoms with E-state index >= 15 is 0 Å². The lowest BCUT2D eigenvalue weighted by molar-refractivity contribution is -0.389. The van der Waals surface area contributed by atoms with Crippen LogP contribution in [-0.4, -0.2) is 22.6 Å². The lowest BCUT2D eigenvalue weighted by Gasteiger charge is -2.10. The summed E-state index contributed by atoms with van der Waals surface area (Å²) in [7, 11) is 0. The van der Waals surface area contributed by atoms with Crippen molar-refractivity contribution in [3.8, 4) is 5.88 Å². The van der Waals surface area contributed by atoms with Gasteiger partial charge >= 0.3 is 17.9 Å². The molecule has 0 aliphatic carbocycles. The van der Waals surface area contributed by atoms with Gasteiger partial charge in [-0.15, -0.1) is 13.2 Å². The number of aromatic nitrogens is 1. The number of nitro groups is 1. The van der Waals surface area contributed by atoms with Crippen LogP contribution >= 0.6 is 0 Å². The summed E-state index contributed by atoms with van der Waals surface area (Å²) in [6.07, 6.45) is -8.88. The molecule has 0 saturated heterocycles. The summed E-state index contributed by atoms with van der Waals surface area (Å²) in [6.45, 7) is 0. The van der Waals surface area contributed by atoms with E-state index in [4.69, 9.17) is 0 Å². The van der Waals surface area contributed by atoms with Gasteiger partial charge in [-0.25, -0.2) is 13.8 Å². The van der Waals surface area contributed by atoms with Crippen LogP contribution in [0.15, 0.2) is 6.07 Å². The zero-order valence-electron chi connectivity index (χ0n) is 8.65. The molecule has 1 aromatic heterocycles. The fourth-order valence-corrected chi connectivity index (χ4v) is 1.10. The highest BCUT2D eigenvalue weighted by atomic mass is 19.4. The van der Waals surface area contributed by atoms with Crippen molar-refractivity contribution in [3.63, 3.8) is 0 Å².